The van der Waals surface area contributed by atoms with Crippen molar-refractivity contribution in [1.29, 1.82) is 0 Å². The predicted octanol–water partition coefficient (Wildman–Crippen LogP) is 6.07. The van der Waals surface area contributed by atoms with Crippen LogP contribution in [-0.4, -0.2) is 37.9 Å². The van der Waals surface area contributed by atoms with Crippen LogP contribution in [0.3, 0.4) is 0 Å². The minimum atomic E-state index is 0. The maximum Gasteiger partial charge on any atom is 0.248 e. The lowest BCUT2D eigenvalue weighted by atomic mass is 9.80. The Morgan fingerprint density at radius 1 is 0.917 bits per heavy atom. The number of rotatable bonds is 5. The summed E-state index contributed by atoms with van der Waals surface area (Å²) in [5.74, 6) is 0.942. The van der Waals surface area contributed by atoms with E-state index in [1.165, 1.54) is 43.5 Å². The fraction of sp³-hybridized carbons (Fsp3) is 0.645. The molecular formula is C31H50BN3O. The van der Waals surface area contributed by atoms with Crippen molar-refractivity contribution in [2.75, 3.05) is 19.6 Å². The van der Waals surface area contributed by atoms with Crippen LogP contribution in [0.2, 0.25) is 0 Å². The number of fused-ring (bicyclic) bond motifs is 1. The third kappa shape index (κ3) is 10.6. The molecule has 1 aliphatic heterocycles. The monoisotopic (exact) mass is 491 g/mol. The zero-order valence-electron chi connectivity index (χ0n) is 23.8. The molecule has 0 bridgehead atoms. The molecule has 1 aromatic carbocycles. The second-order valence-corrected chi connectivity index (χ2v) is 13.1. The summed E-state index contributed by atoms with van der Waals surface area (Å²) in [6.45, 7) is 18.5. The first-order valence-electron chi connectivity index (χ1n) is 13.7. The number of hydrogen-bond acceptors (Lipinski definition) is 3. The van der Waals surface area contributed by atoms with Gasteiger partial charge in [-0.1, -0.05) is 77.9 Å². The fourth-order valence-corrected chi connectivity index (χ4v) is 5.40. The summed E-state index contributed by atoms with van der Waals surface area (Å²) in [5.41, 5.74) is 4.65. The first-order valence-corrected chi connectivity index (χ1v) is 13.7. The standard InChI is InChI=1S/C17H27N.C14H22N2O.BH/c1-17(2,3)13-15-9-11-18(12-10-15)14-16-7-5-4-6-8-16;1-14(2,3)9-15-11-5-4-6-12-10(11)7-8-13(17)16-12;/h4-8,15H,9-14H2,1-3H3;7-8,11,15H,4-6,9H2,1-3H3,(H,16,17);1H/t;11-;/m.0./s1. The van der Waals surface area contributed by atoms with E-state index < -0.39 is 0 Å². The predicted molar refractivity (Wildman–Crippen MR) is 156 cm³/mol. The van der Waals surface area contributed by atoms with E-state index in [-0.39, 0.29) is 14.0 Å². The molecule has 1 aliphatic carbocycles. The summed E-state index contributed by atoms with van der Waals surface area (Å²) < 4.78 is 0. The summed E-state index contributed by atoms with van der Waals surface area (Å²) in [6, 6.07) is 14.9. The molecule has 198 valence electrons. The molecule has 1 saturated heterocycles. The molecule has 1 atom stereocenters. The fourth-order valence-electron chi connectivity index (χ4n) is 5.40. The van der Waals surface area contributed by atoms with Gasteiger partial charge in [-0.3, -0.25) is 9.69 Å². The molecule has 0 spiro atoms. The van der Waals surface area contributed by atoms with E-state index >= 15 is 0 Å². The molecule has 2 radical (unpaired) electrons. The highest BCUT2D eigenvalue weighted by atomic mass is 16.1. The highest BCUT2D eigenvalue weighted by molar-refractivity contribution is 5.75. The molecule has 2 heterocycles. The number of aromatic nitrogens is 1. The van der Waals surface area contributed by atoms with Crippen LogP contribution < -0.4 is 10.9 Å². The van der Waals surface area contributed by atoms with Gasteiger partial charge < -0.3 is 10.3 Å². The van der Waals surface area contributed by atoms with Crippen LogP contribution in [0.5, 0.6) is 0 Å². The number of piperidine rings is 1. The van der Waals surface area contributed by atoms with E-state index in [0.29, 0.717) is 16.9 Å². The molecule has 4 rings (SSSR count). The SMILES string of the molecule is CC(C)(C)CC1CCN(Cc2ccccc2)CC1.CC(C)(C)CN[C@H]1CCCc2[nH]c(=O)ccc21.[BH]. The largest absolute Gasteiger partial charge is 0.326 e. The summed E-state index contributed by atoms with van der Waals surface area (Å²) >= 11 is 0. The lowest BCUT2D eigenvalue weighted by Crippen LogP contribution is -2.34. The van der Waals surface area contributed by atoms with Crippen molar-refractivity contribution in [3.63, 3.8) is 0 Å². The molecule has 36 heavy (non-hydrogen) atoms. The van der Waals surface area contributed by atoms with Crippen molar-refractivity contribution in [3.8, 4) is 0 Å². The van der Waals surface area contributed by atoms with E-state index in [1.54, 1.807) is 6.07 Å². The van der Waals surface area contributed by atoms with Gasteiger partial charge in [-0.15, -0.1) is 0 Å². The van der Waals surface area contributed by atoms with Gasteiger partial charge in [0.15, 0.2) is 0 Å². The summed E-state index contributed by atoms with van der Waals surface area (Å²) in [7, 11) is 0. The Labute approximate surface area is 222 Å². The van der Waals surface area contributed by atoms with E-state index in [9.17, 15) is 4.79 Å². The molecule has 0 saturated carbocycles. The van der Waals surface area contributed by atoms with Crippen LogP contribution >= 0.6 is 0 Å². The zero-order chi connectivity index (χ0) is 25.5. The van der Waals surface area contributed by atoms with Crippen LogP contribution in [0, 0.1) is 16.7 Å². The second kappa shape index (κ2) is 13.6. The molecule has 0 amide bonds. The Morgan fingerprint density at radius 3 is 2.19 bits per heavy atom. The second-order valence-electron chi connectivity index (χ2n) is 13.1. The van der Waals surface area contributed by atoms with Crippen molar-refractivity contribution in [1.82, 2.24) is 15.2 Å². The normalized spacial score (nSPS) is 19.0. The lowest BCUT2D eigenvalue weighted by Gasteiger charge is -2.35. The van der Waals surface area contributed by atoms with Gasteiger partial charge in [0.2, 0.25) is 5.56 Å². The molecule has 1 fully saturated rings. The van der Waals surface area contributed by atoms with Crippen LogP contribution in [0.1, 0.15) is 96.5 Å². The van der Waals surface area contributed by atoms with Gasteiger partial charge >= 0.3 is 0 Å². The molecule has 4 nitrogen and oxygen atoms in total. The van der Waals surface area contributed by atoms with Gasteiger partial charge in [0.1, 0.15) is 0 Å². The first kappa shape index (κ1) is 30.4. The van der Waals surface area contributed by atoms with Crippen molar-refractivity contribution in [2.24, 2.45) is 16.7 Å². The molecule has 1 aromatic heterocycles. The molecule has 2 aromatic rings. The number of nitrogens with zero attached hydrogens (tertiary/aromatic N) is 1. The minimum Gasteiger partial charge on any atom is -0.326 e. The number of aromatic amines is 1. The summed E-state index contributed by atoms with van der Waals surface area (Å²) in [5, 5.41) is 3.62. The third-order valence-electron chi connectivity index (χ3n) is 7.07. The van der Waals surface area contributed by atoms with Crippen molar-refractivity contribution in [3.05, 3.63) is 69.6 Å². The van der Waals surface area contributed by atoms with Crippen molar-refractivity contribution in [2.45, 2.75) is 92.7 Å². The van der Waals surface area contributed by atoms with Gasteiger partial charge in [0.25, 0.3) is 0 Å². The molecule has 5 heteroatoms. The average Bonchev–Trinajstić information content (AvgIpc) is 2.78. The Balaban J connectivity index is 0.000000247. The van der Waals surface area contributed by atoms with Crippen LogP contribution in [0.4, 0.5) is 0 Å². The van der Waals surface area contributed by atoms with Crippen molar-refractivity contribution < 1.29 is 0 Å². The van der Waals surface area contributed by atoms with Crippen LogP contribution in [0.25, 0.3) is 0 Å². The quantitative estimate of drug-likeness (QED) is 0.499. The smallest absolute Gasteiger partial charge is 0.248 e. The van der Waals surface area contributed by atoms with E-state index in [1.807, 2.05) is 6.07 Å². The highest BCUT2D eigenvalue weighted by Gasteiger charge is 2.24. The lowest BCUT2D eigenvalue weighted by molar-refractivity contribution is 0.147. The number of benzene rings is 1. The minimum absolute atomic E-state index is 0. The molecular weight excluding hydrogens is 441 g/mol. The molecule has 2 aliphatic rings. The summed E-state index contributed by atoms with van der Waals surface area (Å²) in [6.07, 6.45) is 7.45. The Kier molecular flexibility index (Phi) is 11.5. The molecule has 2 N–H and O–H groups in total. The van der Waals surface area contributed by atoms with Gasteiger partial charge in [0, 0.05) is 39.3 Å². The maximum absolute atomic E-state index is 11.3. The number of likely N-dealkylation sites (tertiary alicyclic amines) is 1. The van der Waals surface area contributed by atoms with Gasteiger partial charge in [0.05, 0.1) is 0 Å². The van der Waals surface area contributed by atoms with Crippen LogP contribution in [0.15, 0.2) is 47.3 Å². The highest BCUT2D eigenvalue weighted by Crippen LogP contribution is 2.31. The third-order valence-corrected chi connectivity index (χ3v) is 7.07. The number of aryl methyl sites for hydroxylation is 1. The number of H-pyrrole nitrogens is 1. The number of nitrogens with one attached hydrogen (secondary N) is 2. The Morgan fingerprint density at radius 2 is 1.58 bits per heavy atom. The number of pyridine rings is 1. The van der Waals surface area contributed by atoms with E-state index in [4.69, 9.17) is 0 Å². The van der Waals surface area contributed by atoms with Crippen LogP contribution in [-0.2, 0) is 13.0 Å². The average molecular weight is 492 g/mol. The summed E-state index contributed by atoms with van der Waals surface area (Å²) in [4.78, 5) is 16.9. The van der Waals surface area contributed by atoms with Gasteiger partial charge in [-0.25, -0.2) is 0 Å². The van der Waals surface area contributed by atoms with Gasteiger partial charge in [-0.05, 0) is 79.5 Å². The first-order chi connectivity index (χ1) is 16.5. The van der Waals surface area contributed by atoms with E-state index in [0.717, 1.165) is 44.0 Å². The Hall–Kier alpha value is -1.85. The topological polar surface area (TPSA) is 48.1 Å². The maximum atomic E-state index is 11.3. The van der Waals surface area contributed by atoms with Gasteiger partial charge in [-0.2, -0.15) is 0 Å². The molecule has 0 unspecified atom stereocenters. The number of hydrogen-bond donors (Lipinski definition) is 2. The van der Waals surface area contributed by atoms with Crippen molar-refractivity contribution >= 4 is 8.41 Å². The van der Waals surface area contributed by atoms with E-state index in [2.05, 4.69) is 87.1 Å². The Bertz CT molecular complexity index is 950. The zero-order valence-corrected chi connectivity index (χ0v) is 23.8.